The summed E-state index contributed by atoms with van der Waals surface area (Å²) in [5.74, 6) is 1.27. The predicted octanol–water partition coefficient (Wildman–Crippen LogP) is 3.40. The van der Waals surface area contributed by atoms with E-state index in [-0.39, 0.29) is 0 Å². The molecule has 1 aliphatic carbocycles. The van der Waals surface area contributed by atoms with Crippen molar-refractivity contribution in [3.63, 3.8) is 0 Å². The lowest BCUT2D eigenvalue weighted by Crippen LogP contribution is -2.33. The Morgan fingerprint density at radius 2 is 2.25 bits per heavy atom. The summed E-state index contributed by atoms with van der Waals surface area (Å²) >= 11 is 2.20. The predicted molar refractivity (Wildman–Crippen MR) is 88.3 cm³/mol. The lowest BCUT2D eigenvalue weighted by Gasteiger charge is -2.20. The van der Waals surface area contributed by atoms with E-state index in [1.54, 1.807) is 0 Å². The number of nitrogens with one attached hydrogen (secondary N) is 1. The van der Waals surface area contributed by atoms with Crippen molar-refractivity contribution in [2.75, 3.05) is 12.3 Å². The normalized spacial score (nSPS) is 17.7. The van der Waals surface area contributed by atoms with Gasteiger partial charge in [0.1, 0.15) is 0 Å². The van der Waals surface area contributed by atoms with E-state index in [0.29, 0.717) is 6.04 Å². The SMILES string of the molecule is CCCNC(CCc1ccnn1C)CSC1CCCC1. The van der Waals surface area contributed by atoms with Crippen molar-refractivity contribution in [1.29, 1.82) is 0 Å². The second kappa shape index (κ2) is 8.73. The Labute approximate surface area is 127 Å². The summed E-state index contributed by atoms with van der Waals surface area (Å²) in [5.41, 5.74) is 1.35. The highest BCUT2D eigenvalue weighted by Gasteiger charge is 2.17. The van der Waals surface area contributed by atoms with Gasteiger partial charge in [0.25, 0.3) is 0 Å². The molecule has 114 valence electrons. The van der Waals surface area contributed by atoms with Crippen molar-refractivity contribution >= 4 is 11.8 Å². The Balaban J connectivity index is 1.75. The van der Waals surface area contributed by atoms with Crippen LogP contribution in [0.5, 0.6) is 0 Å². The summed E-state index contributed by atoms with van der Waals surface area (Å²) < 4.78 is 2.00. The molecule has 0 aromatic carbocycles. The molecular formula is C16H29N3S. The maximum atomic E-state index is 4.26. The molecule has 1 unspecified atom stereocenters. The van der Waals surface area contributed by atoms with Gasteiger partial charge in [0.15, 0.2) is 0 Å². The van der Waals surface area contributed by atoms with Gasteiger partial charge in [-0.05, 0) is 44.7 Å². The molecule has 0 amide bonds. The van der Waals surface area contributed by atoms with Crippen molar-refractivity contribution in [2.24, 2.45) is 7.05 Å². The quantitative estimate of drug-likeness (QED) is 0.757. The lowest BCUT2D eigenvalue weighted by molar-refractivity contribution is 0.511. The van der Waals surface area contributed by atoms with Gasteiger partial charge in [0.05, 0.1) is 0 Å². The first-order valence-electron chi connectivity index (χ1n) is 8.11. The van der Waals surface area contributed by atoms with Gasteiger partial charge in [-0.15, -0.1) is 0 Å². The molecule has 1 N–H and O–H groups in total. The molecule has 20 heavy (non-hydrogen) atoms. The fourth-order valence-electron chi connectivity index (χ4n) is 2.87. The van der Waals surface area contributed by atoms with E-state index in [0.717, 1.165) is 18.2 Å². The van der Waals surface area contributed by atoms with Gasteiger partial charge in [-0.3, -0.25) is 4.68 Å². The molecule has 0 saturated heterocycles. The van der Waals surface area contributed by atoms with Crippen LogP contribution in [0, 0.1) is 0 Å². The topological polar surface area (TPSA) is 29.9 Å². The van der Waals surface area contributed by atoms with E-state index >= 15 is 0 Å². The average molecular weight is 295 g/mol. The Morgan fingerprint density at radius 3 is 2.90 bits per heavy atom. The first kappa shape index (κ1) is 15.9. The lowest BCUT2D eigenvalue weighted by atomic mass is 10.1. The van der Waals surface area contributed by atoms with Crippen LogP contribution >= 0.6 is 11.8 Å². The third-order valence-electron chi connectivity index (χ3n) is 4.19. The van der Waals surface area contributed by atoms with E-state index in [4.69, 9.17) is 0 Å². The number of rotatable bonds is 9. The molecule has 1 atom stereocenters. The van der Waals surface area contributed by atoms with Gasteiger partial charge in [-0.2, -0.15) is 16.9 Å². The molecule has 3 nitrogen and oxygen atoms in total. The third-order valence-corrected chi connectivity index (χ3v) is 5.73. The Hall–Kier alpha value is -0.480. The average Bonchev–Trinajstić information content (AvgIpc) is 3.10. The van der Waals surface area contributed by atoms with Gasteiger partial charge >= 0.3 is 0 Å². The van der Waals surface area contributed by atoms with Gasteiger partial charge in [0.2, 0.25) is 0 Å². The highest BCUT2D eigenvalue weighted by Crippen LogP contribution is 2.30. The van der Waals surface area contributed by atoms with E-state index in [1.807, 2.05) is 17.9 Å². The fourth-order valence-corrected chi connectivity index (χ4v) is 4.32. The minimum Gasteiger partial charge on any atom is -0.313 e. The number of aromatic nitrogens is 2. The minimum absolute atomic E-state index is 0.649. The van der Waals surface area contributed by atoms with Crippen molar-refractivity contribution in [3.05, 3.63) is 18.0 Å². The molecule has 0 bridgehead atoms. The summed E-state index contributed by atoms with van der Waals surface area (Å²) in [4.78, 5) is 0. The van der Waals surface area contributed by atoms with Crippen LogP contribution in [-0.2, 0) is 13.5 Å². The zero-order chi connectivity index (χ0) is 14.2. The van der Waals surface area contributed by atoms with Gasteiger partial charge < -0.3 is 5.32 Å². The molecule has 0 radical (unpaired) electrons. The van der Waals surface area contributed by atoms with Crippen molar-refractivity contribution in [3.8, 4) is 0 Å². The van der Waals surface area contributed by atoms with Crippen molar-refractivity contribution in [2.45, 2.75) is 63.2 Å². The highest BCUT2D eigenvalue weighted by atomic mass is 32.2. The minimum atomic E-state index is 0.649. The molecule has 1 aromatic rings. The van der Waals surface area contributed by atoms with Crippen LogP contribution in [0.1, 0.15) is 51.1 Å². The number of hydrogen-bond acceptors (Lipinski definition) is 3. The molecular weight excluding hydrogens is 266 g/mol. The van der Waals surface area contributed by atoms with Crippen LogP contribution in [-0.4, -0.2) is 33.4 Å². The zero-order valence-corrected chi connectivity index (χ0v) is 13.8. The molecule has 0 spiro atoms. The van der Waals surface area contributed by atoms with E-state index in [2.05, 4.69) is 35.2 Å². The van der Waals surface area contributed by atoms with Crippen molar-refractivity contribution in [1.82, 2.24) is 15.1 Å². The molecule has 4 heteroatoms. The molecule has 1 heterocycles. The van der Waals surface area contributed by atoms with Gasteiger partial charge in [0, 0.05) is 36.0 Å². The van der Waals surface area contributed by atoms with Gasteiger partial charge in [-0.1, -0.05) is 19.8 Å². The second-order valence-corrected chi connectivity index (χ2v) is 7.21. The molecule has 2 rings (SSSR count). The Kier molecular flexibility index (Phi) is 6.94. The van der Waals surface area contributed by atoms with Crippen LogP contribution in [0.2, 0.25) is 0 Å². The smallest absolute Gasteiger partial charge is 0.0492 e. The molecule has 1 fully saturated rings. The summed E-state index contributed by atoms with van der Waals surface area (Å²) in [6, 6.07) is 2.79. The highest BCUT2D eigenvalue weighted by molar-refractivity contribution is 7.99. The standard InChI is InChI=1S/C16H29N3S/c1-3-11-17-14(13-20-16-6-4-5-7-16)8-9-15-10-12-18-19(15)2/h10,12,14,16-17H,3-9,11,13H2,1-2H3. The molecule has 1 saturated carbocycles. The summed E-state index contributed by atoms with van der Waals surface area (Å²) in [7, 11) is 2.04. The number of nitrogens with zero attached hydrogens (tertiary/aromatic N) is 2. The van der Waals surface area contributed by atoms with Crippen LogP contribution in [0.25, 0.3) is 0 Å². The number of thioether (sulfide) groups is 1. The van der Waals surface area contributed by atoms with Crippen LogP contribution in [0.3, 0.4) is 0 Å². The Morgan fingerprint density at radius 1 is 1.45 bits per heavy atom. The summed E-state index contributed by atoms with van der Waals surface area (Å²) in [6.45, 7) is 3.39. The maximum Gasteiger partial charge on any atom is 0.0492 e. The first-order chi connectivity index (χ1) is 9.79. The van der Waals surface area contributed by atoms with Gasteiger partial charge in [-0.25, -0.2) is 0 Å². The zero-order valence-electron chi connectivity index (χ0n) is 13.0. The largest absolute Gasteiger partial charge is 0.313 e. The molecule has 1 aliphatic rings. The van der Waals surface area contributed by atoms with Crippen molar-refractivity contribution < 1.29 is 0 Å². The van der Waals surface area contributed by atoms with Crippen LogP contribution in [0.4, 0.5) is 0 Å². The number of aryl methyl sites for hydroxylation is 2. The van der Waals surface area contributed by atoms with Crippen LogP contribution in [0.15, 0.2) is 12.3 Å². The van der Waals surface area contributed by atoms with Crippen LogP contribution < -0.4 is 5.32 Å². The fraction of sp³-hybridized carbons (Fsp3) is 0.812. The molecule has 0 aliphatic heterocycles. The summed E-state index contributed by atoms with van der Waals surface area (Å²) in [6.07, 6.45) is 11.2. The monoisotopic (exact) mass is 295 g/mol. The van der Waals surface area contributed by atoms with E-state index in [1.165, 1.54) is 50.0 Å². The maximum absolute atomic E-state index is 4.26. The Bertz CT molecular complexity index is 372. The number of hydrogen-bond donors (Lipinski definition) is 1. The second-order valence-electron chi connectivity index (χ2n) is 5.88. The van der Waals surface area contributed by atoms with E-state index < -0.39 is 0 Å². The first-order valence-corrected chi connectivity index (χ1v) is 9.16. The molecule has 1 aromatic heterocycles. The summed E-state index contributed by atoms with van der Waals surface area (Å²) in [5, 5.41) is 8.91. The van der Waals surface area contributed by atoms with E-state index in [9.17, 15) is 0 Å². The third kappa shape index (κ3) is 5.13.